The Morgan fingerprint density at radius 2 is 1.75 bits per heavy atom. The molecule has 3 aromatic rings. The zero-order valence-electron chi connectivity index (χ0n) is 23.0. The molecule has 0 atom stereocenters. The molecule has 2 aromatic carbocycles. The lowest BCUT2D eigenvalue weighted by Gasteiger charge is -2.42. The molecule has 5 rings (SSSR count). The van der Waals surface area contributed by atoms with Crippen LogP contribution in [0.15, 0.2) is 54.9 Å². The maximum Gasteiger partial charge on any atom is 0.311 e. The molecule has 11 heteroatoms. The number of aromatic nitrogens is 2. The van der Waals surface area contributed by atoms with Crippen molar-refractivity contribution in [3.05, 3.63) is 70.5 Å². The van der Waals surface area contributed by atoms with Gasteiger partial charge in [0.25, 0.3) is 0 Å². The first kappa shape index (κ1) is 27.7. The number of methoxy groups -OCH3 is 1. The van der Waals surface area contributed by atoms with Crippen LogP contribution in [-0.4, -0.2) is 95.4 Å². The Morgan fingerprint density at radius 3 is 2.35 bits per heavy atom. The van der Waals surface area contributed by atoms with Gasteiger partial charge in [0.2, 0.25) is 0 Å². The van der Waals surface area contributed by atoms with E-state index in [1.165, 1.54) is 13.2 Å². The normalized spacial score (nSPS) is 18.0. The van der Waals surface area contributed by atoms with Crippen LogP contribution in [-0.2, 0) is 7.05 Å². The van der Waals surface area contributed by atoms with E-state index in [0.717, 1.165) is 43.0 Å². The minimum Gasteiger partial charge on any atom is -0.490 e. The van der Waals surface area contributed by atoms with Crippen LogP contribution in [0.1, 0.15) is 23.2 Å². The molecule has 40 heavy (non-hydrogen) atoms. The van der Waals surface area contributed by atoms with Crippen LogP contribution in [0.25, 0.3) is 11.1 Å². The van der Waals surface area contributed by atoms with E-state index in [4.69, 9.17) is 4.74 Å². The summed E-state index contributed by atoms with van der Waals surface area (Å²) in [5.74, 6) is 0.283. The number of aryl methyl sites for hydroxylation is 1. The Balaban J connectivity index is 1.21. The first-order chi connectivity index (χ1) is 19.2. The van der Waals surface area contributed by atoms with Crippen LogP contribution >= 0.6 is 0 Å². The maximum atomic E-state index is 16.1. The fourth-order valence-corrected chi connectivity index (χ4v) is 5.65. The molecule has 10 nitrogen and oxygen atoms in total. The summed E-state index contributed by atoms with van der Waals surface area (Å²) in [6.07, 6.45) is 4.19. The minimum absolute atomic E-state index is 0.108. The number of piperazine rings is 1. The molecule has 0 bridgehead atoms. The molecule has 0 aliphatic carbocycles. The highest BCUT2D eigenvalue weighted by Gasteiger charge is 2.38. The van der Waals surface area contributed by atoms with Gasteiger partial charge in [-0.1, -0.05) is 30.3 Å². The van der Waals surface area contributed by atoms with Crippen molar-refractivity contribution in [3.63, 3.8) is 0 Å². The summed E-state index contributed by atoms with van der Waals surface area (Å²) >= 11 is 0. The van der Waals surface area contributed by atoms with Crippen LogP contribution in [0, 0.1) is 10.1 Å². The number of nitrogens with zero attached hydrogens (tertiary/aromatic N) is 6. The second-order valence-corrected chi connectivity index (χ2v) is 10.7. The van der Waals surface area contributed by atoms with Gasteiger partial charge < -0.3 is 9.64 Å². The molecule has 2 saturated heterocycles. The number of piperidine rings is 1. The molecule has 0 unspecified atom stereocenters. The number of hydrogen-bond acceptors (Lipinski definition) is 8. The van der Waals surface area contributed by atoms with Crippen molar-refractivity contribution in [2.24, 2.45) is 7.05 Å². The summed E-state index contributed by atoms with van der Waals surface area (Å²) in [4.78, 5) is 30.2. The third kappa shape index (κ3) is 6.15. The Morgan fingerprint density at radius 1 is 1.07 bits per heavy atom. The van der Waals surface area contributed by atoms with Crippen LogP contribution < -0.4 is 9.64 Å². The number of ether oxygens (including phenoxy) is 1. The monoisotopic (exact) mass is 550 g/mol. The van der Waals surface area contributed by atoms with E-state index in [9.17, 15) is 14.9 Å². The number of hydrogen-bond donors (Lipinski definition) is 0. The molecule has 2 aliphatic heterocycles. The van der Waals surface area contributed by atoms with Crippen molar-refractivity contribution < 1.29 is 18.8 Å². The average molecular weight is 551 g/mol. The third-order valence-corrected chi connectivity index (χ3v) is 7.94. The summed E-state index contributed by atoms with van der Waals surface area (Å²) in [7, 11) is 3.20. The van der Waals surface area contributed by atoms with Gasteiger partial charge in [-0.25, -0.2) is 4.39 Å². The maximum absolute atomic E-state index is 16.1. The predicted molar refractivity (Wildman–Crippen MR) is 151 cm³/mol. The fourth-order valence-electron chi connectivity index (χ4n) is 5.65. The zero-order valence-corrected chi connectivity index (χ0v) is 23.0. The van der Waals surface area contributed by atoms with E-state index in [2.05, 4.69) is 19.8 Å². The summed E-state index contributed by atoms with van der Waals surface area (Å²) in [6, 6.07) is 12.5. The van der Waals surface area contributed by atoms with Crippen molar-refractivity contribution in [1.29, 1.82) is 0 Å². The van der Waals surface area contributed by atoms with Gasteiger partial charge in [0.1, 0.15) is 5.67 Å². The molecule has 3 heterocycles. The van der Waals surface area contributed by atoms with E-state index in [1.807, 2.05) is 36.5 Å². The number of nitro groups is 1. The number of alkyl halides is 1. The molecule has 212 valence electrons. The van der Waals surface area contributed by atoms with Gasteiger partial charge in [0.15, 0.2) is 11.5 Å². The zero-order chi connectivity index (χ0) is 28.3. The Kier molecular flexibility index (Phi) is 8.13. The number of anilines is 1. The summed E-state index contributed by atoms with van der Waals surface area (Å²) in [5, 5.41) is 15.9. The quantitative estimate of drug-likeness (QED) is 0.225. The predicted octanol–water partition coefficient (Wildman–Crippen LogP) is 3.81. The van der Waals surface area contributed by atoms with Crippen LogP contribution in [0.4, 0.5) is 15.8 Å². The number of rotatable bonds is 9. The topological polar surface area (TPSA) is 97.0 Å². The van der Waals surface area contributed by atoms with Gasteiger partial charge in [-0.3, -0.25) is 29.4 Å². The second-order valence-electron chi connectivity index (χ2n) is 10.7. The highest BCUT2D eigenvalue weighted by atomic mass is 19.1. The molecule has 0 spiro atoms. The lowest BCUT2D eigenvalue weighted by atomic mass is 9.91. The number of carbonyl (C=O) groups excluding carboxylic acids is 1. The standard InChI is InChI=1S/C29H35FN6O4/c1-32-19-23(18-31-32)24-16-26(36(38)39)28(40-2)17-25(24)35-10-8-29(30,9-11-35)21-34-14-12-33(13-15-34)20-27(37)22-6-4-3-5-7-22/h3-7,16-19H,8-15,20-21H2,1-2H3. The van der Waals surface area contributed by atoms with Gasteiger partial charge in [-0.2, -0.15) is 5.10 Å². The second kappa shape index (κ2) is 11.7. The summed E-state index contributed by atoms with van der Waals surface area (Å²) in [6.45, 7) is 4.62. The number of ketones is 1. The number of nitro benzene ring substituents is 1. The van der Waals surface area contributed by atoms with Gasteiger partial charge in [0.05, 0.1) is 24.8 Å². The highest BCUT2D eigenvalue weighted by molar-refractivity contribution is 5.97. The number of carbonyl (C=O) groups is 1. The smallest absolute Gasteiger partial charge is 0.311 e. The highest BCUT2D eigenvalue weighted by Crippen LogP contribution is 2.42. The molecule has 2 fully saturated rings. The van der Waals surface area contributed by atoms with E-state index < -0.39 is 10.6 Å². The first-order valence-corrected chi connectivity index (χ1v) is 13.6. The summed E-state index contributed by atoms with van der Waals surface area (Å²) < 4.78 is 23.0. The van der Waals surface area contributed by atoms with E-state index in [1.54, 1.807) is 24.0 Å². The third-order valence-electron chi connectivity index (χ3n) is 7.94. The SMILES string of the molecule is COc1cc(N2CCC(F)(CN3CCN(CC(=O)c4ccccc4)CC3)CC2)c(-c2cnn(C)c2)cc1[N+](=O)[O-]. The van der Waals surface area contributed by atoms with Crippen molar-refractivity contribution >= 4 is 17.2 Å². The lowest BCUT2D eigenvalue weighted by Crippen LogP contribution is -2.54. The first-order valence-electron chi connectivity index (χ1n) is 13.6. The number of halogens is 1. The molecule has 0 N–H and O–H groups in total. The van der Waals surface area contributed by atoms with Gasteiger partial charge >= 0.3 is 5.69 Å². The molecule has 0 saturated carbocycles. The summed E-state index contributed by atoms with van der Waals surface area (Å²) in [5.41, 5.74) is 1.48. The Hall–Kier alpha value is -3.83. The molecular weight excluding hydrogens is 515 g/mol. The average Bonchev–Trinajstić information content (AvgIpc) is 3.40. The van der Waals surface area contributed by atoms with E-state index >= 15 is 4.39 Å². The van der Waals surface area contributed by atoms with Crippen molar-refractivity contribution in [3.8, 4) is 16.9 Å². The molecule has 1 aromatic heterocycles. The fraction of sp³-hybridized carbons (Fsp3) is 0.448. The van der Waals surface area contributed by atoms with Crippen molar-refractivity contribution in [2.75, 3.05) is 64.4 Å². The van der Waals surface area contributed by atoms with Crippen LogP contribution in [0.2, 0.25) is 0 Å². The number of Topliss-reactive ketones (excluding diaryl/α,β-unsaturated/α-hetero) is 1. The minimum atomic E-state index is -1.32. The van der Waals surface area contributed by atoms with Gasteiger partial charge in [0, 0.05) is 106 Å². The van der Waals surface area contributed by atoms with Crippen LogP contribution in [0.5, 0.6) is 5.75 Å². The van der Waals surface area contributed by atoms with E-state index in [0.29, 0.717) is 44.6 Å². The largest absolute Gasteiger partial charge is 0.490 e. The Labute approximate surface area is 233 Å². The molecule has 0 amide bonds. The Bertz CT molecular complexity index is 1350. The molecule has 0 radical (unpaired) electrons. The van der Waals surface area contributed by atoms with Crippen LogP contribution in [0.3, 0.4) is 0 Å². The van der Waals surface area contributed by atoms with Crippen molar-refractivity contribution in [1.82, 2.24) is 19.6 Å². The van der Waals surface area contributed by atoms with Gasteiger partial charge in [-0.05, 0) is 0 Å². The van der Waals surface area contributed by atoms with Crippen molar-refractivity contribution in [2.45, 2.75) is 18.5 Å². The lowest BCUT2D eigenvalue weighted by molar-refractivity contribution is -0.385. The molecule has 2 aliphatic rings. The number of benzene rings is 2. The van der Waals surface area contributed by atoms with Gasteiger partial charge in [-0.15, -0.1) is 0 Å². The molecular formula is C29H35FN6O4. The van der Waals surface area contributed by atoms with E-state index in [-0.39, 0.29) is 17.2 Å².